The SMILES string of the molecule is CCCOC[C@H](O)CN. The smallest absolute Gasteiger partial charge is 0.0895 e. The molecule has 0 aromatic carbocycles. The van der Waals surface area contributed by atoms with Crippen LogP contribution in [0.3, 0.4) is 0 Å². The number of nitrogens with two attached hydrogens (primary N) is 1. The number of hydrogen-bond acceptors (Lipinski definition) is 3. The van der Waals surface area contributed by atoms with E-state index >= 15 is 0 Å². The molecule has 0 radical (unpaired) electrons. The highest BCUT2D eigenvalue weighted by Crippen LogP contribution is 1.83. The first-order valence-electron chi connectivity index (χ1n) is 3.27. The van der Waals surface area contributed by atoms with E-state index in [0.29, 0.717) is 13.2 Å². The largest absolute Gasteiger partial charge is 0.389 e. The van der Waals surface area contributed by atoms with Crippen molar-refractivity contribution in [3.05, 3.63) is 0 Å². The lowest BCUT2D eigenvalue weighted by atomic mass is 10.4. The van der Waals surface area contributed by atoms with E-state index in [-0.39, 0.29) is 6.54 Å². The Morgan fingerprint density at radius 3 is 2.78 bits per heavy atom. The highest BCUT2D eigenvalue weighted by atomic mass is 16.5. The van der Waals surface area contributed by atoms with Crippen LogP contribution in [-0.2, 0) is 4.74 Å². The zero-order valence-corrected chi connectivity index (χ0v) is 5.84. The van der Waals surface area contributed by atoms with E-state index < -0.39 is 6.10 Å². The van der Waals surface area contributed by atoms with Crippen LogP contribution in [0, 0.1) is 0 Å². The highest BCUT2D eigenvalue weighted by Gasteiger charge is 1.97. The van der Waals surface area contributed by atoms with Gasteiger partial charge in [-0.25, -0.2) is 0 Å². The van der Waals surface area contributed by atoms with Gasteiger partial charge in [0.1, 0.15) is 0 Å². The molecule has 3 N–H and O–H groups in total. The van der Waals surface area contributed by atoms with E-state index in [2.05, 4.69) is 0 Å². The minimum absolute atomic E-state index is 0.281. The summed E-state index contributed by atoms with van der Waals surface area (Å²) in [6.45, 7) is 3.37. The molecule has 0 saturated heterocycles. The van der Waals surface area contributed by atoms with Crippen molar-refractivity contribution in [2.24, 2.45) is 5.73 Å². The lowest BCUT2D eigenvalue weighted by Crippen LogP contribution is -2.25. The van der Waals surface area contributed by atoms with Crippen molar-refractivity contribution < 1.29 is 9.84 Å². The predicted octanol–water partition coefficient (Wildman–Crippen LogP) is -0.267. The van der Waals surface area contributed by atoms with Gasteiger partial charge in [0.15, 0.2) is 0 Å². The molecule has 0 rings (SSSR count). The Bertz CT molecular complexity index is 59.0. The maximum absolute atomic E-state index is 8.83. The van der Waals surface area contributed by atoms with E-state index in [9.17, 15) is 0 Å². The van der Waals surface area contributed by atoms with Crippen LogP contribution < -0.4 is 5.73 Å². The summed E-state index contributed by atoms with van der Waals surface area (Å²) in [5.74, 6) is 0. The van der Waals surface area contributed by atoms with Gasteiger partial charge in [-0.15, -0.1) is 0 Å². The van der Waals surface area contributed by atoms with Crippen molar-refractivity contribution >= 4 is 0 Å². The molecule has 56 valence electrons. The summed E-state index contributed by atoms with van der Waals surface area (Å²) in [6.07, 6.45) is 0.494. The number of hydrogen-bond donors (Lipinski definition) is 2. The summed E-state index contributed by atoms with van der Waals surface area (Å²) >= 11 is 0. The summed E-state index contributed by atoms with van der Waals surface area (Å²) in [6, 6.07) is 0. The molecule has 0 heterocycles. The molecule has 0 amide bonds. The first-order chi connectivity index (χ1) is 4.31. The third-order valence-electron chi connectivity index (χ3n) is 0.931. The van der Waals surface area contributed by atoms with Crippen LogP contribution >= 0.6 is 0 Å². The zero-order chi connectivity index (χ0) is 7.11. The molecule has 9 heavy (non-hydrogen) atoms. The second-order valence-corrected chi connectivity index (χ2v) is 1.96. The third kappa shape index (κ3) is 5.76. The summed E-state index contributed by atoms with van der Waals surface area (Å²) in [5.41, 5.74) is 5.12. The van der Waals surface area contributed by atoms with Crippen molar-refractivity contribution in [3.63, 3.8) is 0 Å². The Morgan fingerprint density at radius 1 is 1.67 bits per heavy atom. The maximum Gasteiger partial charge on any atom is 0.0895 e. The summed E-state index contributed by atoms with van der Waals surface area (Å²) in [5, 5.41) is 8.83. The molecule has 0 unspecified atom stereocenters. The monoisotopic (exact) mass is 133 g/mol. The third-order valence-corrected chi connectivity index (χ3v) is 0.931. The van der Waals surface area contributed by atoms with Gasteiger partial charge in [-0.3, -0.25) is 0 Å². The normalized spacial score (nSPS) is 13.7. The maximum atomic E-state index is 8.83. The summed E-state index contributed by atoms with van der Waals surface area (Å²) in [4.78, 5) is 0. The molecule has 0 bridgehead atoms. The van der Waals surface area contributed by atoms with Crippen molar-refractivity contribution in [2.45, 2.75) is 19.4 Å². The second kappa shape index (κ2) is 6.01. The van der Waals surface area contributed by atoms with Crippen LogP contribution in [0.5, 0.6) is 0 Å². The summed E-state index contributed by atoms with van der Waals surface area (Å²) < 4.78 is 5.01. The van der Waals surface area contributed by atoms with Crippen LogP contribution in [-0.4, -0.2) is 31.0 Å². The molecule has 0 aliphatic heterocycles. The first kappa shape index (κ1) is 8.88. The average Bonchev–Trinajstić information content (AvgIpc) is 1.89. The molecular formula is C6H15NO2. The molecule has 3 heteroatoms. The van der Waals surface area contributed by atoms with Gasteiger partial charge in [0, 0.05) is 13.2 Å². The van der Waals surface area contributed by atoms with E-state index in [0.717, 1.165) is 6.42 Å². The number of ether oxygens (including phenoxy) is 1. The van der Waals surface area contributed by atoms with Gasteiger partial charge in [-0.2, -0.15) is 0 Å². The molecule has 0 aliphatic rings. The molecule has 3 nitrogen and oxygen atoms in total. The first-order valence-corrected chi connectivity index (χ1v) is 3.27. The van der Waals surface area contributed by atoms with Crippen molar-refractivity contribution in [3.8, 4) is 0 Å². The van der Waals surface area contributed by atoms with Gasteiger partial charge in [0.05, 0.1) is 12.7 Å². The zero-order valence-electron chi connectivity index (χ0n) is 5.84. The molecule has 0 aromatic rings. The van der Waals surface area contributed by atoms with E-state index in [1.165, 1.54) is 0 Å². The molecule has 0 aromatic heterocycles. The van der Waals surface area contributed by atoms with Gasteiger partial charge in [0.25, 0.3) is 0 Å². The highest BCUT2D eigenvalue weighted by molar-refractivity contribution is 4.51. The molecular weight excluding hydrogens is 118 g/mol. The fourth-order valence-electron chi connectivity index (χ4n) is 0.432. The van der Waals surface area contributed by atoms with E-state index in [1.54, 1.807) is 0 Å². The lowest BCUT2D eigenvalue weighted by Gasteiger charge is -2.06. The van der Waals surface area contributed by atoms with Crippen LogP contribution in [0.1, 0.15) is 13.3 Å². The minimum atomic E-state index is -0.489. The average molecular weight is 133 g/mol. The molecule has 0 saturated carbocycles. The topological polar surface area (TPSA) is 55.5 Å². The lowest BCUT2D eigenvalue weighted by molar-refractivity contribution is 0.0416. The molecule has 0 spiro atoms. The molecule has 0 fully saturated rings. The van der Waals surface area contributed by atoms with Gasteiger partial charge >= 0.3 is 0 Å². The second-order valence-electron chi connectivity index (χ2n) is 1.96. The fraction of sp³-hybridized carbons (Fsp3) is 1.00. The van der Waals surface area contributed by atoms with Gasteiger partial charge < -0.3 is 15.6 Å². The van der Waals surface area contributed by atoms with E-state index in [4.69, 9.17) is 15.6 Å². The van der Waals surface area contributed by atoms with Crippen molar-refractivity contribution in [2.75, 3.05) is 19.8 Å². The van der Waals surface area contributed by atoms with Gasteiger partial charge in [-0.1, -0.05) is 6.92 Å². The van der Waals surface area contributed by atoms with Gasteiger partial charge in [-0.05, 0) is 6.42 Å². The minimum Gasteiger partial charge on any atom is -0.389 e. The van der Waals surface area contributed by atoms with Crippen LogP contribution in [0.4, 0.5) is 0 Å². The Kier molecular flexibility index (Phi) is 5.93. The number of aliphatic hydroxyl groups excluding tert-OH is 1. The van der Waals surface area contributed by atoms with Crippen molar-refractivity contribution in [1.82, 2.24) is 0 Å². The molecule has 1 atom stereocenters. The Balaban J connectivity index is 2.88. The molecule has 0 aliphatic carbocycles. The predicted molar refractivity (Wildman–Crippen MR) is 36.2 cm³/mol. The van der Waals surface area contributed by atoms with E-state index in [1.807, 2.05) is 6.92 Å². The quantitative estimate of drug-likeness (QED) is 0.508. The Labute approximate surface area is 55.8 Å². The number of rotatable bonds is 5. The Hall–Kier alpha value is -0.120. The van der Waals surface area contributed by atoms with Gasteiger partial charge in [0.2, 0.25) is 0 Å². The fourth-order valence-corrected chi connectivity index (χ4v) is 0.432. The van der Waals surface area contributed by atoms with Crippen LogP contribution in [0.15, 0.2) is 0 Å². The summed E-state index contributed by atoms with van der Waals surface area (Å²) in [7, 11) is 0. The Morgan fingerprint density at radius 2 is 2.33 bits per heavy atom. The standard InChI is InChI=1S/C6H15NO2/c1-2-3-9-5-6(8)4-7/h6,8H,2-5,7H2,1H3/t6-/m1/s1. The van der Waals surface area contributed by atoms with Crippen LogP contribution in [0.2, 0.25) is 0 Å². The number of aliphatic hydroxyl groups is 1. The van der Waals surface area contributed by atoms with Crippen LogP contribution in [0.25, 0.3) is 0 Å². The van der Waals surface area contributed by atoms with Crippen molar-refractivity contribution in [1.29, 1.82) is 0 Å².